The van der Waals surface area contributed by atoms with Crippen molar-refractivity contribution in [1.82, 2.24) is 15.1 Å². The minimum Gasteiger partial charge on any atom is -0.462 e. The highest BCUT2D eigenvalue weighted by molar-refractivity contribution is 7.21. The number of fused-ring (bicyclic) bond motifs is 1. The highest BCUT2D eigenvalue weighted by Gasteiger charge is 2.25. The first kappa shape index (κ1) is 21.1. The Morgan fingerprint density at radius 1 is 1.14 bits per heavy atom. The topological polar surface area (TPSA) is 88.2 Å². The molecule has 0 bridgehead atoms. The number of esters is 1. The Morgan fingerprint density at radius 3 is 2.55 bits per heavy atom. The predicted molar refractivity (Wildman–Crippen MR) is 110 cm³/mol. The number of benzene rings is 1. The van der Waals surface area contributed by atoms with Crippen molar-refractivity contribution in [3.63, 3.8) is 0 Å². The Balaban J connectivity index is 1.65. The summed E-state index contributed by atoms with van der Waals surface area (Å²) in [6.45, 7) is 5.21. The van der Waals surface area contributed by atoms with Crippen LogP contribution < -0.4 is 5.32 Å². The average Bonchev–Trinajstić information content (AvgIpc) is 3.11. The molecule has 1 aromatic carbocycles. The lowest BCUT2D eigenvalue weighted by Gasteiger charge is -2.34. The lowest BCUT2D eigenvalue weighted by molar-refractivity contribution is -0.131. The molecule has 9 heteroatoms. The van der Waals surface area contributed by atoms with Crippen LogP contribution in [0.5, 0.6) is 0 Å². The van der Waals surface area contributed by atoms with Crippen molar-refractivity contribution in [1.29, 1.82) is 0 Å². The van der Waals surface area contributed by atoms with E-state index in [1.54, 1.807) is 11.8 Å². The molecule has 2 amide bonds. The lowest BCUT2D eigenvalue weighted by Crippen LogP contribution is -2.50. The van der Waals surface area contributed by atoms with E-state index in [4.69, 9.17) is 4.74 Å². The summed E-state index contributed by atoms with van der Waals surface area (Å²) in [5, 5.41) is 3.48. The van der Waals surface area contributed by atoms with Gasteiger partial charge in [0.25, 0.3) is 0 Å². The van der Waals surface area contributed by atoms with Crippen LogP contribution in [0.2, 0.25) is 0 Å². The van der Waals surface area contributed by atoms with E-state index in [1.165, 1.54) is 18.4 Å². The number of nitrogens with zero attached hydrogens (tertiary/aromatic N) is 2. The maximum atomic E-state index is 12.4. The van der Waals surface area contributed by atoms with Gasteiger partial charge in [0.05, 0.1) is 13.7 Å². The molecule has 1 saturated heterocycles. The van der Waals surface area contributed by atoms with E-state index in [0.717, 1.165) is 15.6 Å². The zero-order valence-electron chi connectivity index (χ0n) is 16.6. The Kier molecular flexibility index (Phi) is 7.05. The van der Waals surface area contributed by atoms with E-state index in [-0.39, 0.29) is 18.4 Å². The molecule has 0 aliphatic carbocycles. The van der Waals surface area contributed by atoms with Crippen molar-refractivity contribution >= 4 is 39.4 Å². The van der Waals surface area contributed by atoms with Crippen LogP contribution in [0.4, 0.5) is 4.79 Å². The first-order chi connectivity index (χ1) is 14.0. The largest absolute Gasteiger partial charge is 0.462 e. The zero-order chi connectivity index (χ0) is 20.8. The monoisotopic (exact) mass is 419 g/mol. The van der Waals surface area contributed by atoms with Gasteiger partial charge >= 0.3 is 12.1 Å². The molecule has 3 rings (SSSR count). The zero-order valence-corrected chi connectivity index (χ0v) is 17.4. The number of hydrogen-bond acceptors (Lipinski definition) is 7. The van der Waals surface area contributed by atoms with E-state index in [0.29, 0.717) is 44.2 Å². The summed E-state index contributed by atoms with van der Waals surface area (Å²) < 4.78 is 10.8. The molecule has 8 nitrogen and oxygen atoms in total. The van der Waals surface area contributed by atoms with Crippen molar-refractivity contribution in [2.75, 3.05) is 46.4 Å². The summed E-state index contributed by atoms with van der Waals surface area (Å²) in [4.78, 5) is 40.4. The van der Waals surface area contributed by atoms with Gasteiger partial charge < -0.3 is 19.7 Å². The minimum absolute atomic E-state index is 0.0746. The van der Waals surface area contributed by atoms with Crippen LogP contribution in [0, 0.1) is 0 Å². The molecule has 1 N–H and O–H groups in total. The molecule has 156 valence electrons. The van der Waals surface area contributed by atoms with Crippen LogP contribution in [0.1, 0.15) is 22.2 Å². The number of carbonyl (C=O) groups is 3. The third-order valence-electron chi connectivity index (χ3n) is 4.84. The Hall–Kier alpha value is -2.65. The average molecular weight is 420 g/mol. The van der Waals surface area contributed by atoms with Gasteiger partial charge in [-0.3, -0.25) is 9.69 Å². The first-order valence-electron chi connectivity index (χ1n) is 9.53. The predicted octanol–water partition coefficient (Wildman–Crippen LogP) is 2.08. The number of thiophene rings is 1. The number of rotatable bonds is 6. The van der Waals surface area contributed by atoms with Crippen LogP contribution in [0.25, 0.3) is 10.1 Å². The maximum Gasteiger partial charge on any atom is 0.407 e. The second-order valence-corrected chi connectivity index (χ2v) is 7.68. The van der Waals surface area contributed by atoms with Gasteiger partial charge in [-0.2, -0.15) is 0 Å². The van der Waals surface area contributed by atoms with Gasteiger partial charge in [0.15, 0.2) is 0 Å². The van der Waals surface area contributed by atoms with Crippen molar-refractivity contribution in [3.8, 4) is 0 Å². The molecule has 1 aromatic heterocycles. The molecule has 0 spiro atoms. The van der Waals surface area contributed by atoms with Gasteiger partial charge in [-0.05, 0) is 23.9 Å². The molecule has 2 heterocycles. The SMILES string of the molecule is CCOC(=O)c1sc2ccccc2c1CN1CCN(C(=O)CNC(=O)OC)CC1. The normalized spacial score (nSPS) is 14.6. The quantitative estimate of drug-likeness (QED) is 0.722. The van der Waals surface area contributed by atoms with Gasteiger partial charge in [-0.1, -0.05) is 18.2 Å². The Bertz CT molecular complexity index is 889. The molecule has 0 radical (unpaired) electrons. The second kappa shape index (κ2) is 9.71. The third-order valence-corrected chi connectivity index (χ3v) is 6.03. The van der Waals surface area contributed by atoms with Crippen molar-refractivity contribution < 1.29 is 23.9 Å². The maximum absolute atomic E-state index is 12.4. The van der Waals surface area contributed by atoms with E-state index in [9.17, 15) is 14.4 Å². The lowest BCUT2D eigenvalue weighted by atomic mass is 10.1. The molecule has 1 fully saturated rings. The van der Waals surface area contributed by atoms with E-state index in [1.807, 2.05) is 24.3 Å². The van der Waals surface area contributed by atoms with E-state index >= 15 is 0 Å². The van der Waals surface area contributed by atoms with Crippen LogP contribution in [-0.4, -0.2) is 74.2 Å². The van der Waals surface area contributed by atoms with E-state index < -0.39 is 6.09 Å². The highest BCUT2D eigenvalue weighted by Crippen LogP contribution is 2.33. The van der Waals surface area contributed by atoms with Crippen molar-refractivity contribution in [3.05, 3.63) is 34.7 Å². The number of methoxy groups -OCH3 is 1. The third kappa shape index (κ3) is 5.04. The summed E-state index contributed by atoms with van der Waals surface area (Å²) in [6.07, 6.45) is -0.618. The first-order valence-corrected chi connectivity index (χ1v) is 10.3. The fourth-order valence-electron chi connectivity index (χ4n) is 3.33. The molecule has 0 saturated carbocycles. The minimum atomic E-state index is -0.618. The number of hydrogen-bond donors (Lipinski definition) is 1. The molecule has 29 heavy (non-hydrogen) atoms. The molecule has 1 aliphatic rings. The number of carbonyl (C=O) groups excluding carboxylic acids is 3. The number of alkyl carbamates (subject to hydrolysis) is 1. The fourth-order valence-corrected chi connectivity index (χ4v) is 4.44. The Morgan fingerprint density at radius 2 is 1.86 bits per heavy atom. The summed E-state index contributed by atoms with van der Waals surface area (Å²) >= 11 is 1.46. The van der Waals surface area contributed by atoms with Gasteiger partial charge in [-0.15, -0.1) is 11.3 Å². The second-order valence-electron chi connectivity index (χ2n) is 6.63. The fraction of sp³-hybridized carbons (Fsp3) is 0.450. The van der Waals surface area contributed by atoms with E-state index in [2.05, 4.69) is 15.0 Å². The summed E-state index contributed by atoms with van der Waals surface area (Å²) in [6, 6.07) is 7.97. The van der Waals surface area contributed by atoms with Gasteiger partial charge in [0.2, 0.25) is 5.91 Å². The number of ether oxygens (including phenoxy) is 2. The molecule has 0 atom stereocenters. The molecular formula is C20H25N3O5S. The standard InChI is InChI=1S/C20H25N3O5S/c1-3-28-19(25)18-15(14-6-4-5-7-16(14)29-18)13-22-8-10-23(11-9-22)17(24)12-21-20(26)27-2/h4-7H,3,8-13H2,1-2H3,(H,21,26). The van der Waals surface area contributed by atoms with Crippen molar-refractivity contribution in [2.45, 2.75) is 13.5 Å². The summed E-state index contributed by atoms with van der Waals surface area (Å²) in [5.41, 5.74) is 0.983. The van der Waals surface area contributed by atoms with Crippen LogP contribution in [0.15, 0.2) is 24.3 Å². The highest BCUT2D eigenvalue weighted by atomic mass is 32.1. The van der Waals surface area contributed by atoms with Gasteiger partial charge in [-0.25, -0.2) is 9.59 Å². The van der Waals surface area contributed by atoms with Crippen LogP contribution in [-0.2, 0) is 20.8 Å². The molecule has 0 unspecified atom stereocenters. The number of nitrogens with one attached hydrogen (secondary N) is 1. The van der Waals surface area contributed by atoms with Crippen LogP contribution in [0.3, 0.4) is 0 Å². The molecule has 2 aromatic rings. The van der Waals surface area contributed by atoms with Gasteiger partial charge in [0, 0.05) is 37.4 Å². The summed E-state index contributed by atoms with van der Waals surface area (Å²) in [5.74, 6) is -0.422. The number of piperazine rings is 1. The molecule has 1 aliphatic heterocycles. The smallest absolute Gasteiger partial charge is 0.407 e. The molecular weight excluding hydrogens is 394 g/mol. The number of amides is 2. The van der Waals surface area contributed by atoms with Gasteiger partial charge in [0.1, 0.15) is 11.4 Å². The van der Waals surface area contributed by atoms with Crippen molar-refractivity contribution in [2.24, 2.45) is 0 Å². The summed E-state index contributed by atoms with van der Waals surface area (Å²) in [7, 11) is 1.26. The van der Waals surface area contributed by atoms with Crippen LogP contribution >= 0.6 is 11.3 Å². The Labute approximate surface area is 173 Å².